The number of nitrogens with one attached hydrogen (secondary N) is 3. The van der Waals surface area contributed by atoms with Crippen LogP contribution in [0.4, 0.5) is 0 Å². The number of nitrogens with two attached hydrogens (primary N) is 2. The van der Waals surface area contributed by atoms with Crippen molar-refractivity contribution in [2.24, 2.45) is 17.4 Å². The first kappa shape index (κ1) is 39.7. The molecule has 2 aromatic rings. The van der Waals surface area contributed by atoms with Crippen LogP contribution in [0.2, 0.25) is 0 Å². The highest BCUT2D eigenvalue weighted by Gasteiger charge is 2.36. The number of hydrogen-bond donors (Lipinski definition) is 5. The number of carbonyl (C=O) groups is 5. The highest BCUT2D eigenvalue weighted by molar-refractivity contribution is 5.95. The summed E-state index contributed by atoms with van der Waals surface area (Å²) in [7, 11) is 0. The lowest BCUT2D eigenvalue weighted by molar-refractivity contribution is -0.139. The minimum Gasteiger partial charge on any atom is -0.343 e. The van der Waals surface area contributed by atoms with E-state index in [1.54, 1.807) is 4.90 Å². The largest absolute Gasteiger partial charge is 0.343 e. The van der Waals surface area contributed by atoms with E-state index in [9.17, 15) is 24.0 Å². The molecule has 2 saturated heterocycles. The third kappa shape index (κ3) is 12.0. The average Bonchev–Trinajstić information content (AvgIpc) is 3.62. The van der Waals surface area contributed by atoms with Crippen molar-refractivity contribution in [2.75, 3.05) is 26.2 Å². The Balaban J connectivity index is 1.43. The van der Waals surface area contributed by atoms with Crippen LogP contribution in [0.3, 0.4) is 0 Å². The van der Waals surface area contributed by atoms with E-state index in [1.165, 1.54) is 0 Å². The van der Waals surface area contributed by atoms with E-state index in [1.807, 2.05) is 74.5 Å². The van der Waals surface area contributed by atoms with Gasteiger partial charge in [0.05, 0.1) is 12.1 Å². The number of hydrogen-bond acceptors (Lipinski definition) is 8. The van der Waals surface area contributed by atoms with Crippen molar-refractivity contribution < 1.29 is 24.0 Å². The Hall–Kier alpha value is -4.13. The minimum absolute atomic E-state index is 0.0421. The third-order valence-electron chi connectivity index (χ3n) is 9.95. The number of benzene rings is 2. The van der Waals surface area contributed by atoms with Gasteiger partial charge in [-0.25, -0.2) is 0 Å². The van der Waals surface area contributed by atoms with Crippen LogP contribution in [-0.4, -0.2) is 102 Å². The topological polar surface area (TPSA) is 180 Å². The van der Waals surface area contributed by atoms with Gasteiger partial charge in [-0.05, 0) is 81.5 Å². The molecule has 4 amide bonds. The molecule has 0 bridgehead atoms. The van der Waals surface area contributed by atoms with Crippen LogP contribution in [0.15, 0.2) is 60.7 Å². The Labute approximate surface area is 302 Å². The zero-order valence-electron chi connectivity index (χ0n) is 30.2. The van der Waals surface area contributed by atoms with E-state index in [-0.39, 0.29) is 30.3 Å². The van der Waals surface area contributed by atoms with Gasteiger partial charge < -0.3 is 37.1 Å². The van der Waals surface area contributed by atoms with Crippen molar-refractivity contribution in [3.8, 4) is 0 Å². The van der Waals surface area contributed by atoms with Crippen LogP contribution in [0.1, 0.15) is 69.9 Å². The standard InChI is InChI=1S/C39H57N7O5/c1-27(2)23-34(37(49)42-33(16-9-19-40)39(51)45-21-17-30(18-22-45)46-20-10-15-31(46)26-47)44-38(50)35(25-29-13-7-4-8-14-29)43-36(48)32(41)24-28-11-5-3-6-12-28/h3-8,11-14,26-27,30-35H,9-10,15-25,40-41H2,1-2H3,(H,42,49)(H,43,48)(H,44,50)/t31-,32+,33+,34+,35+/m0/s1. The molecule has 2 aromatic carbocycles. The van der Waals surface area contributed by atoms with E-state index in [0.29, 0.717) is 45.3 Å². The molecular weight excluding hydrogens is 646 g/mol. The summed E-state index contributed by atoms with van der Waals surface area (Å²) in [5.74, 6) is -1.57. The minimum atomic E-state index is -0.991. The first-order chi connectivity index (χ1) is 24.6. The lowest BCUT2D eigenvalue weighted by Crippen LogP contribution is -2.59. The predicted molar refractivity (Wildman–Crippen MR) is 197 cm³/mol. The van der Waals surface area contributed by atoms with Crippen LogP contribution >= 0.6 is 0 Å². The van der Waals surface area contributed by atoms with Crippen molar-refractivity contribution >= 4 is 29.9 Å². The summed E-state index contributed by atoms with van der Waals surface area (Å²) in [6.45, 7) is 6.25. The maximum Gasteiger partial charge on any atom is 0.245 e. The Morgan fingerprint density at radius 3 is 1.94 bits per heavy atom. The van der Waals surface area contributed by atoms with Gasteiger partial charge in [0, 0.05) is 25.6 Å². The van der Waals surface area contributed by atoms with Gasteiger partial charge in [-0.15, -0.1) is 0 Å². The number of amides is 4. The summed E-state index contributed by atoms with van der Waals surface area (Å²) in [4.78, 5) is 70.6. The summed E-state index contributed by atoms with van der Waals surface area (Å²) < 4.78 is 0. The summed E-state index contributed by atoms with van der Waals surface area (Å²) in [6.07, 6.45) is 6.19. The van der Waals surface area contributed by atoms with Crippen LogP contribution in [0.25, 0.3) is 0 Å². The molecule has 12 heteroatoms. The van der Waals surface area contributed by atoms with Gasteiger partial charge in [-0.3, -0.25) is 24.1 Å². The first-order valence-corrected chi connectivity index (χ1v) is 18.5. The van der Waals surface area contributed by atoms with Crippen molar-refractivity contribution in [1.29, 1.82) is 0 Å². The van der Waals surface area contributed by atoms with E-state index >= 15 is 0 Å². The molecule has 0 spiro atoms. The zero-order chi connectivity index (χ0) is 36.8. The van der Waals surface area contributed by atoms with Gasteiger partial charge >= 0.3 is 0 Å². The monoisotopic (exact) mass is 703 g/mol. The van der Waals surface area contributed by atoms with Crippen LogP contribution in [-0.2, 0) is 36.8 Å². The molecule has 2 aliphatic heterocycles. The smallest absolute Gasteiger partial charge is 0.245 e. The Bertz CT molecular complexity index is 1420. The summed E-state index contributed by atoms with van der Waals surface area (Å²) in [5.41, 5.74) is 13.8. The molecule has 7 N–H and O–H groups in total. The average molecular weight is 704 g/mol. The molecule has 0 unspecified atom stereocenters. The van der Waals surface area contributed by atoms with Crippen LogP contribution in [0, 0.1) is 5.92 Å². The molecule has 4 rings (SSSR count). The lowest BCUT2D eigenvalue weighted by Gasteiger charge is -2.39. The van der Waals surface area contributed by atoms with Crippen molar-refractivity contribution in [3.63, 3.8) is 0 Å². The predicted octanol–water partition coefficient (Wildman–Crippen LogP) is 1.69. The fourth-order valence-electron chi connectivity index (χ4n) is 7.18. The van der Waals surface area contributed by atoms with E-state index in [4.69, 9.17) is 11.5 Å². The van der Waals surface area contributed by atoms with Gasteiger partial charge in [-0.2, -0.15) is 0 Å². The molecule has 2 aliphatic rings. The Kier molecular flexibility index (Phi) is 15.6. The number of piperidine rings is 1. The molecule has 2 fully saturated rings. The molecule has 51 heavy (non-hydrogen) atoms. The second-order valence-electron chi connectivity index (χ2n) is 14.4. The second kappa shape index (κ2) is 20.0. The number of likely N-dealkylation sites (tertiary alicyclic amines) is 2. The summed E-state index contributed by atoms with van der Waals surface area (Å²) in [6, 6.07) is 15.4. The van der Waals surface area contributed by atoms with Gasteiger partial charge in [0.1, 0.15) is 24.4 Å². The molecular formula is C39H57N7O5. The molecule has 12 nitrogen and oxygen atoms in total. The van der Waals surface area contributed by atoms with E-state index in [0.717, 1.165) is 49.6 Å². The maximum atomic E-state index is 13.9. The van der Waals surface area contributed by atoms with Gasteiger partial charge in [0.2, 0.25) is 23.6 Å². The number of nitrogens with zero attached hydrogens (tertiary/aromatic N) is 2. The van der Waals surface area contributed by atoms with E-state index < -0.39 is 41.9 Å². The number of carbonyl (C=O) groups excluding carboxylic acids is 5. The Morgan fingerprint density at radius 1 is 0.784 bits per heavy atom. The number of rotatable bonds is 18. The quantitative estimate of drug-likeness (QED) is 0.146. The van der Waals surface area contributed by atoms with Gasteiger partial charge in [0.25, 0.3) is 0 Å². The van der Waals surface area contributed by atoms with Crippen molar-refractivity contribution in [2.45, 2.75) is 108 Å². The van der Waals surface area contributed by atoms with Gasteiger partial charge in [-0.1, -0.05) is 74.5 Å². The molecule has 0 aromatic heterocycles. The van der Waals surface area contributed by atoms with E-state index in [2.05, 4.69) is 20.9 Å². The first-order valence-electron chi connectivity index (χ1n) is 18.5. The van der Waals surface area contributed by atoms with Crippen molar-refractivity contribution in [1.82, 2.24) is 25.8 Å². The summed E-state index contributed by atoms with van der Waals surface area (Å²) in [5, 5.41) is 8.69. The molecule has 2 heterocycles. The van der Waals surface area contributed by atoms with Gasteiger partial charge in [0.15, 0.2) is 0 Å². The zero-order valence-corrected chi connectivity index (χ0v) is 30.2. The highest BCUT2D eigenvalue weighted by atomic mass is 16.2. The van der Waals surface area contributed by atoms with Crippen LogP contribution < -0.4 is 27.4 Å². The second-order valence-corrected chi connectivity index (χ2v) is 14.4. The van der Waals surface area contributed by atoms with Crippen molar-refractivity contribution in [3.05, 3.63) is 71.8 Å². The fraction of sp³-hybridized carbons (Fsp3) is 0.564. The Morgan fingerprint density at radius 2 is 1.35 bits per heavy atom. The van der Waals surface area contributed by atoms with Crippen LogP contribution in [0.5, 0.6) is 0 Å². The summed E-state index contributed by atoms with van der Waals surface area (Å²) >= 11 is 0. The maximum absolute atomic E-state index is 13.9. The molecule has 0 saturated carbocycles. The lowest BCUT2D eigenvalue weighted by atomic mass is 9.99. The SMILES string of the molecule is CC(C)C[C@@H](NC(=O)[C@@H](Cc1ccccc1)NC(=O)[C@H](N)Cc1ccccc1)C(=O)N[C@H](CCCN)C(=O)N1CCC(N2CCC[C@H]2C=O)CC1. The molecule has 0 aliphatic carbocycles. The third-order valence-corrected chi connectivity index (χ3v) is 9.95. The highest BCUT2D eigenvalue weighted by Crippen LogP contribution is 2.25. The fourth-order valence-corrected chi connectivity index (χ4v) is 7.18. The molecule has 0 radical (unpaired) electrons. The number of aldehydes is 1. The molecule has 5 atom stereocenters. The normalized spacial score (nSPS) is 19.2. The molecule has 278 valence electrons.